The normalized spacial score (nSPS) is 10.8. The topological polar surface area (TPSA) is 103 Å². The van der Waals surface area contributed by atoms with Crippen LogP contribution in [0.3, 0.4) is 0 Å². The molecule has 0 fully saturated rings. The maximum atomic E-state index is 11.2. The minimum Gasteiger partial charge on any atom is -0.493 e. The predicted molar refractivity (Wildman–Crippen MR) is 95.2 cm³/mol. The van der Waals surface area contributed by atoms with Crippen molar-refractivity contribution in [3.05, 3.63) is 53.1 Å². The Balaban J connectivity index is 1.60. The Bertz CT molecular complexity index is 1130. The molecule has 4 rings (SSSR count). The summed E-state index contributed by atoms with van der Waals surface area (Å²) in [4.78, 5) is 18.0. The maximum Gasteiger partial charge on any atom is 0.417 e. The van der Waals surface area contributed by atoms with Crippen molar-refractivity contribution in [2.75, 3.05) is 19.5 Å². The molecule has 2 aromatic heterocycles. The molecule has 0 aliphatic carbocycles. The first-order valence-electron chi connectivity index (χ1n) is 7.74. The molecule has 4 aromatic rings. The van der Waals surface area contributed by atoms with Gasteiger partial charge < -0.3 is 23.6 Å². The molecule has 8 heteroatoms. The maximum absolute atomic E-state index is 11.2. The molecule has 0 unspecified atom stereocenters. The number of methoxy groups -OCH3 is 2. The van der Waals surface area contributed by atoms with Crippen molar-refractivity contribution in [2.45, 2.75) is 0 Å². The van der Waals surface area contributed by atoms with Gasteiger partial charge >= 0.3 is 5.76 Å². The zero-order chi connectivity index (χ0) is 18.1. The van der Waals surface area contributed by atoms with E-state index in [-0.39, 0.29) is 0 Å². The highest BCUT2D eigenvalue weighted by Crippen LogP contribution is 2.33. The number of aromatic amines is 1. The second-order valence-electron chi connectivity index (χ2n) is 5.45. The van der Waals surface area contributed by atoms with Crippen LogP contribution in [0.2, 0.25) is 0 Å². The molecule has 0 aliphatic rings. The van der Waals surface area contributed by atoms with E-state index >= 15 is 0 Å². The number of fused-ring (bicyclic) bond motifs is 1. The fourth-order valence-corrected chi connectivity index (χ4v) is 2.60. The molecule has 132 valence electrons. The van der Waals surface area contributed by atoms with Crippen molar-refractivity contribution >= 4 is 22.8 Å². The molecule has 0 amide bonds. The van der Waals surface area contributed by atoms with Crippen LogP contribution in [0, 0.1) is 0 Å². The molecule has 8 nitrogen and oxygen atoms in total. The number of aromatic nitrogens is 2. The van der Waals surface area contributed by atoms with Crippen LogP contribution < -0.4 is 20.5 Å². The molecule has 0 bridgehead atoms. The minimum atomic E-state index is -0.496. The van der Waals surface area contributed by atoms with Crippen LogP contribution in [0.5, 0.6) is 11.5 Å². The number of H-pyrrole nitrogens is 1. The lowest BCUT2D eigenvalue weighted by atomic mass is 10.1. The lowest BCUT2D eigenvalue weighted by Crippen LogP contribution is -1.92. The van der Waals surface area contributed by atoms with Crippen LogP contribution in [0.25, 0.3) is 22.4 Å². The van der Waals surface area contributed by atoms with Gasteiger partial charge in [-0.25, -0.2) is 9.78 Å². The van der Waals surface area contributed by atoms with E-state index in [1.807, 2.05) is 12.1 Å². The number of ether oxygens (including phenoxy) is 2. The number of nitrogens with zero attached hydrogens (tertiary/aromatic N) is 1. The summed E-state index contributed by atoms with van der Waals surface area (Å²) in [5, 5.41) is 3.04. The molecule has 0 saturated carbocycles. The van der Waals surface area contributed by atoms with Crippen molar-refractivity contribution < 1.29 is 18.3 Å². The largest absolute Gasteiger partial charge is 0.493 e. The van der Waals surface area contributed by atoms with Gasteiger partial charge in [0, 0.05) is 17.3 Å². The van der Waals surface area contributed by atoms with Gasteiger partial charge in [-0.3, -0.25) is 4.98 Å². The van der Waals surface area contributed by atoms with E-state index in [9.17, 15) is 4.79 Å². The van der Waals surface area contributed by atoms with Crippen LogP contribution in [0.4, 0.5) is 11.7 Å². The van der Waals surface area contributed by atoms with E-state index in [1.165, 1.54) is 0 Å². The third-order valence-corrected chi connectivity index (χ3v) is 3.85. The summed E-state index contributed by atoms with van der Waals surface area (Å²) in [5.41, 5.74) is 2.56. The van der Waals surface area contributed by atoms with Crippen molar-refractivity contribution in [1.29, 1.82) is 0 Å². The molecular weight excluding hydrogens is 338 g/mol. The Hall–Kier alpha value is -3.68. The van der Waals surface area contributed by atoms with Gasteiger partial charge in [0.25, 0.3) is 6.01 Å². The van der Waals surface area contributed by atoms with Gasteiger partial charge in [-0.15, -0.1) is 0 Å². The summed E-state index contributed by atoms with van der Waals surface area (Å²) in [7, 11) is 3.15. The number of rotatable bonds is 5. The third kappa shape index (κ3) is 2.88. The van der Waals surface area contributed by atoms with E-state index in [1.54, 1.807) is 44.7 Å². The molecular formula is C18H15N3O5. The number of nitrogens with one attached hydrogen (secondary N) is 2. The molecule has 0 saturated heterocycles. The zero-order valence-electron chi connectivity index (χ0n) is 14.0. The van der Waals surface area contributed by atoms with Crippen LogP contribution in [0.1, 0.15) is 0 Å². The second kappa shape index (κ2) is 6.32. The number of hydrogen-bond acceptors (Lipinski definition) is 7. The highest BCUT2D eigenvalue weighted by Gasteiger charge is 2.11. The molecule has 26 heavy (non-hydrogen) atoms. The number of oxazole rings is 2. The summed E-state index contributed by atoms with van der Waals surface area (Å²) in [5.74, 6) is 1.31. The number of hydrogen-bond donors (Lipinski definition) is 2. The van der Waals surface area contributed by atoms with E-state index in [2.05, 4.69) is 15.3 Å². The van der Waals surface area contributed by atoms with Crippen LogP contribution in [-0.2, 0) is 0 Å². The Morgan fingerprint density at radius 3 is 2.69 bits per heavy atom. The smallest absolute Gasteiger partial charge is 0.417 e. The Labute approximate surface area is 147 Å². The molecule has 0 atom stereocenters. The van der Waals surface area contributed by atoms with E-state index in [0.717, 1.165) is 5.56 Å². The minimum absolute atomic E-state index is 0.312. The number of benzene rings is 2. The van der Waals surface area contributed by atoms with E-state index in [0.29, 0.717) is 40.1 Å². The molecule has 2 heterocycles. The van der Waals surface area contributed by atoms with Crippen molar-refractivity contribution in [2.24, 2.45) is 0 Å². The standard InChI is InChI=1S/C18H15N3O5/c1-23-13-6-3-10(7-15(13)24-2)16-9-19-17(25-16)20-11-4-5-12-14(8-11)26-18(22)21-12/h3-9H,1-2H3,(H,19,20)(H,21,22). The van der Waals surface area contributed by atoms with Gasteiger partial charge in [0.15, 0.2) is 22.8 Å². The monoisotopic (exact) mass is 353 g/mol. The SMILES string of the molecule is COc1ccc(-c2cnc(Nc3ccc4[nH]c(=O)oc4c3)o2)cc1OC. The lowest BCUT2D eigenvalue weighted by Gasteiger charge is -2.08. The summed E-state index contributed by atoms with van der Waals surface area (Å²) in [6, 6.07) is 11.0. The lowest BCUT2D eigenvalue weighted by molar-refractivity contribution is 0.355. The van der Waals surface area contributed by atoms with Gasteiger partial charge in [-0.1, -0.05) is 0 Å². The quantitative estimate of drug-likeness (QED) is 0.566. The average Bonchev–Trinajstić information content (AvgIpc) is 3.26. The first kappa shape index (κ1) is 15.8. The van der Waals surface area contributed by atoms with Gasteiger partial charge in [0.1, 0.15) is 0 Å². The van der Waals surface area contributed by atoms with Crippen molar-refractivity contribution in [3.63, 3.8) is 0 Å². The van der Waals surface area contributed by atoms with E-state index in [4.69, 9.17) is 18.3 Å². The van der Waals surface area contributed by atoms with Gasteiger partial charge in [-0.2, -0.15) is 0 Å². The molecule has 2 aromatic carbocycles. The summed E-state index contributed by atoms with van der Waals surface area (Å²) < 4.78 is 21.3. The van der Waals surface area contributed by atoms with Gasteiger partial charge in [0.05, 0.1) is 25.9 Å². The van der Waals surface area contributed by atoms with E-state index < -0.39 is 5.76 Å². The first-order valence-corrected chi connectivity index (χ1v) is 7.74. The Kier molecular flexibility index (Phi) is 3.85. The highest BCUT2D eigenvalue weighted by atomic mass is 16.5. The van der Waals surface area contributed by atoms with Crippen molar-refractivity contribution in [3.8, 4) is 22.8 Å². The van der Waals surface area contributed by atoms with Crippen LogP contribution >= 0.6 is 0 Å². The third-order valence-electron chi connectivity index (χ3n) is 3.85. The average molecular weight is 353 g/mol. The van der Waals surface area contributed by atoms with Crippen LogP contribution in [0.15, 0.2) is 56.2 Å². The molecule has 0 radical (unpaired) electrons. The second-order valence-corrected chi connectivity index (χ2v) is 5.45. The zero-order valence-corrected chi connectivity index (χ0v) is 14.0. The van der Waals surface area contributed by atoms with Gasteiger partial charge in [-0.05, 0) is 30.3 Å². The summed E-state index contributed by atoms with van der Waals surface area (Å²) in [6.45, 7) is 0. The Morgan fingerprint density at radius 2 is 1.88 bits per heavy atom. The first-order chi connectivity index (χ1) is 12.7. The molecule has 0 aliphatic heterocycles. The fourth-order valence-electron chi connectivity index (χ4n) is 2.60. The summed E-state index contributed by atoms with van der Waals surface area (Å²) >= 11 is 0. The van der Waals surface area contributed by atoms with Crippen molar-refractivity contribution in [1.82, 2.24) is 9.97 Å². The summed E-state index contributed by atoms with van der Waals surface area (Å²) in [6.07, 6.45) is 1.61. The fraction of sp³-hybridized carbons (Fsp3) is 0.111. The molecule has 2 N–H and O–H groups in total. The number of anilines is 2. The van der Waals surface area contributed by atoms with Crippen LogP contribution in [-0.4, -0.2) is 24.2 Å². The highest BCUT2D eigenvalue weighted by molar-refractivity contribution is 5.77. The van der Waals surface area contributed by atoms with Gasteiger partial charge in [0.2, 0.25) is 0 Å². The Morgan fingerprint density at radius 1 is 1.04 bits per heavy atom. The molecule has 0 spiro atoms. The predicted octanol–water partition coefficient (Wildman–Crippen LogP) is 3.54.